The van der Waals surface area contributed by atoms with Gasteiger partial charge in [-0.2, -0.15) is 10.2 Å². The summed E-state index contributed by atoms with van der Waals surface area (Å²) in [4.78, 5) is 16.9. The van der Waals surface area contributed by atoms with Gasteiger partial charge in [-0.25, -0.2) is 9.67 Å². The highest BCUT2D eigenvalue weighted by molar-refractivity contribution is 6.00. The Morgan fingerprint density at radius 1 is 1.13 bits per heavy atom. The van der Waals surface area contributed by atoms with Crippen LogP contribution >= 0.6 is 0 Å². The number of hydrogen-bond acceptors (Lipinski definition) is 6. The van der Waals surface area contributed by atoms with Crippen LogP contribution in [0.3, 0.4) is 0 Å². The van der Waals surface area contributed by atoms with Gasteiger partial charge < -0.3 is 14.8 Å². The zero-order valence-corrected chi connectivity index (χ0v) is 16.8. The molecule has 2 aromatic carbocycles. The van der Waals surface area contributed by atoms with Crippen LogP contribution in [0.4, 0.5) is 0 Å². The second kappa shape index (κ2) is 7.94. The van der Waals surface area contributed by atoms with Gasteiger partial charge in [0.1, 0.15) is 25.9 Å². The molecule has 0 saturated carbocycles. The molecule has 9 heteroatoms. The molecule has 0 bridgehead atoms. The van der Waals surface area contributed by atoms with E-state index in [4.69, 9.17) is 9.47 Å². The molecule has 2 aromatic heterocycles. The molecule has 0 fully saturated rings. The molecule has 5 rings (SSSR count). The van der Waals surface area contributed by atoms with Crippen LogP contribution in [0.25, 0.3) is 16.9 Å². The second-order valence-electron chi connectivity index (χ2n) is 7.14. The van der Waals surface area contributed by atoms with Gasteiger partial charge >= 0.3 is 0 Å². The van der Waals surface area contributed by atoms with Crippen molar-refractivity contribution in [3.05, 3.63) is 72.4 Å². The summed E-state index contributed by atoms with van der Waals surface area (Å²) < 4.78 is 12.9. The monoisotopic (exact) mass is 416 g/mol. The van der Waals surface area contributed by atoms with E-state index in [1.165, 1.54) is 12.5 Å². The highest BCUT2D eigenvalue weighted by Gasteiger charge is 2.20. The Balaban J connectivity index is 1.33. The van der Waals surface area contributed by atoms with E-state index in [-0.39, 0.29) is 11.9 Å². The third kappa shape index (κ3) is 3.73. The predicted molar refractivity (Wildman–Crippen MR) is 112 cm³/mol. The fourth-order valence-electron chi connectivity index (χ4n) is 3.49. The van der Waals surface area contributed by atoms with E-state index in [0.717, 1.165) is 16.8 Å². The first-order valence-electron chi connectivity index (χ1n) is 9.88. The van der Waals surface area contributed by atoms with Crippen LogP contribution in [0, 0.1) is 0 Å². The number of fused-ring (bicyclic) bond motifs is 1. The average molecular weight is 416 g/mol. The number of carbonyl (C=O) groups is 1. The molecule has 1 amide bonds. The van der Waals surface area contributed by atoms with Crippen molar-refractivity contribution in [2.75, 3.05) is 13.2 Å². The lowest BCUT2D eigenvalue weighted by Gasteiger charge is -2.19. The van der Waals surface area contributed by atoms with Crippen LogP contribution in [0.15, 0.2) is 61.3 Å². The molecular formula is C22H20N6O3. The van der Waals surface area contributed by atoms with Crippen LogP contribution in [-0.2, 0) is 0 Å². The number of H-pyrrole nitrogens is 1. The average Bonchev–Trinajstić information content (AvgIpc) is 3.51. The highest BCUT2D eigenvalue weighted by Crippen LogP contribution is 2.35. The van der Waals surface area contributed by atoms with E-state index in [1.807, 2.05) is 49.4 Å². The summed E-state index contributed by atoms with van der Waals surface area (Å²) in [5, 5.41) is 14.2. The lowest BCUT2D eigenvalue weighted by atomic mass is 10.0. The van der Waals surface area contributed by atoms with Crippen molar-refractivity contribution < 1.29 is 14.3 Å². The van der Waals surface area contributed by atoms with Crippen molar-refractivity contribution in [1.82, 2.24) is 30.3 Å². The number of benzene rings is 2. The molecule has 1 atom stereocenters. The van der Waals surface area contributed by atoms with Crippen LogP contribution in [0.1, 0.15) is 28.9 Å². The zero-order valence-electron chi connectivity index (χ0n) is 16.8. The minimum Gasteiger partial charge on any atom is -0.486 e. The number of hydrogen-bond donors (Lipinski definition) is 2. The number of carbonyl (C=O) groups excluding carboxylic acids is 1. The lowest BCUT2D eigenvalue weighted by Crippen LogP contribution is -2.26. The van der Waals surface area contributed by atoms with E-state index >= 15 is 0 Å². The molecule has 0 spiro atoms. The maximum absolute atomic E-state index is 13.0. The Labute approximate surface area is 178 Å². The van der Waals surface area contributed by atoms with Gasteiger partial charge in [-0.05, 0) is 42.8 Å². The van der Waals surface area contributed by atoms with Gasteiger partial charge in [-0.3, -0.25) is 9.89 Å². The van der Waals surface area contributed by atoms with Gasteiger partial charge in [-0.15, -0.1) is 0 Å². The number of ether oxygens (including phenoxy) is 2. The van der Waals surface area contributed by atoms with E-state index in [2.05, 4.69) is 25.6 Å². The molecule has 3 heterocycles. The molecule has 4 aromatic rings. The number of aromatic nitrogens is 5. The van der Waals surface area contributed by atoms with Gasteiger partial charge in [0, 0.05) is 5.56 Å². The molecule has 0 aliphatic carbocycles. The fraction of sp³-hybridized carbons (Fsp3) is 0.182. The van der Waals surface area contributed by atoms with Crippen molar-refractivity contribution in [1.29, 1.82) is 0 Å². The van der Waals surface area contributed by atoms with E-state index in [1.54, 1.807) is 11.0 Å². The topological polar surface area (TPSA) is 107 Å². The largest absolute Gasteiger partial charge is 0.486 e. The van der Waals surface area contributed by atoms with Crippen LogP contribution < -0.4 is 14.8 Å². The Kier molecular flexibility index (Phi) is 4.83. The SMILES string of the molecule is C[C@H](NC(=O)c1cn[nH]c1-c1ccc2c(c1)OCCO2)c1ccc(-n2cncn2)cc1. The summed E-state index contributed by atoms with van der Waals surface area (Å²) in [7, 11) is 0. The van der Waals surface area contributed by atoms with Crippen molar-refractivity contribution in [3.8, 4) is 28.4 Å². The molecule has 1 aliphatic rings. The van der Waals surface area contributed by atoms with Crippen LogP contribution in [0.2, 0.25) is 0 Å². The maximum Gasteiger partial charge on any atom is 0.255 e. The maximum atomic E-state index is 13.0. The molecule has 0 unspecified atom stereocenters. The minimum absolute atomic E-state index is 0.194. The standard InChI is InChI=1S/C22H20N6O3/c1-14(15-2-5-17(6-3-15)28-13-23-12-25-28)26-22(29)18-11-24-27-21(18)16-4-7-19-20(10-16)31-9-8-30-19/h2-7,10-14H,8-9H2,1H3,(H,24,27)(H,26,29)/t14-/m0/s1. The van der Waals surface area contributed by atoms with Gasteiger partial charge in [0.25, 0.3) is 5.91 Å². The number of amides is 1. The first-order valence-corrected chi connectivity index (χ1v) is 9.88. The zero-order chi connectivity index (χ0) is 21.2. The van der Waals surface area contributed by atoms with Crippen LogP contribution in [0.5, 0.6) is 11.5 Å². The molecule has 31 heavy (non-hydrogen) atoms. The Bertz CT molecular complexity index is 1200. The van der Waals surface area contributed by atoms with E-state index in [9.17, 15) is 4.79 Å². The molecule has 0 radical (unpaired) electrons. The quantitative estimate of drug-likeness (QED) is 0.518. The summed E-state index contributed by atoms with van der Waals surface area (Å²) in [6.45, 7) is 2.97. The first kappa shape index (κ1) is 18.9. The summed E-state index contributed by atoms with van der Waals surface area (Å²) in [6.07, 6.45) is 4.65. The number of aromatic amines is 1. The molecule has 156 valence electrons. The predicted octanol–water partition coefficient (Wildman–Crippen LogP) is 2.92. The van der Waals surface area contributed by atoms with Crippen molar-refractivity contribution in [2.24, 2.45) is 0 Å². The lowest BCUT2D eigenvalue weighted by molar-refractivity contribution is 0.0940. The van der Waals surface area contributed by atoms with Crippen molar-refractivity contribution in [3.63, 3.8) is 0 Å². The summed E-state index contributed by atoms with van der Waals surface area (Å²) in [6, 6.07) is 13.2. The number of nitrogens with zero attached hydrogens (tertiary/aromatic N) is 4. The third-order valence-electron chi connectivity index (χ3n) is 5.14. The minimum atomic E-state index is -0.216. The van der Waals surface area contributed by atoms with Gasteiger partial charge in [0.15, 0.2) is 11.5 Å². The van der Waals surface area contributed by atoms with Crippen molar-refractivity contribution in [2.45, 2.75) is 13.0 Å². The molecular weight excluding hydrogens is 396 g/mol. The number of nitrogens with one attached hydrogen (secondary N) is 2. The van der Waals surface area contributed by atoms with Gasteiger partial charge in [0.2, 0.25) is 0 Å². The normalized spacial score (nSPS) is 13.6. The molecule has 2 N–H and O–H groups in total. The Morgan fingerprint density at radius 3 is 2.71 bits per heavy atom. The second-order valence-corrected chi connectivity index (χ2v) is 7.14. The smallest absolute Gasteiger partial charge is 0.255 e. The highest BCUT2D eigenvalue weighted by atomic mass is 16.6. The first-order chi connectivity index (χ1) is 15.2. The van der Waals surface area contributed by atoms with Gasteiger partial charge in [0.05, 0.1) is 29.2 Å². The summed E-state index contributed by atoms with van der Waals surface area (Å²) in [5.41, 5.74) is 3.76. The fourth-order valence-corrected chi connectivity index (χ4v) is 3.49. The molecule has 9 nitrogen and oxygen atoms in total. The van der Waals surface area contributed by atoms with E-state index < -0.39 is 0 Å². The van der Waals surface area contributed by atoms with E-state index in [0.29, 0.717) is 36.0 Å². The Morgan fingerprint density at radius 2 is 1.94 bits per heavy atom. The molecule has 0 saturated heterocycles. The van der Waals surface area contributed by atoms with Crippen molar-refractivity contribution >= 4 is 5.91 Å². The third-order valence-corrected chi connectivity index (χ3v) is 5.14. The van der Waals surface area contributed by atoms with Gasteiger partial charge in [-0.1, -0.05) is 12.1 Å². The summed E-state index contributed by atoms with van der Waals surface area (Å²) in [5.74, 6) is 1.14. The van der Waals surface area contributed by atoms with Crippen LogP contribution in [-0.4, -0.2) is 44.1 Å². The summed E-state index contributed by atoms with van der Waals surface area (Å²) >= 11 is 0. The Hall–Kier alpha value is -4.14. The number of rotatable bonds is 5. The molecule has 1 aliphatic heterocycles.